The highest BCUT2D eigenvalue weighted by Crippen LogP contribution is 2.33. The van der Waals surface area contributed by atoms with E-state index >= 15 is 0 Å². The van der Waals surface area contributed by atoms with Crippen LogP contribution in [-0.4, -0.2) is 40.5 Å². The van der Waals surface area contributed by atoms with Crippen molar-refractivity contribution in [1.29, 1.82) is 0 Å². The van der Waals surface area contributed by atoms with Crippen molar-refractivity contribution in [3.8, 4) is 0 Å². The first-order valence-electron chi connectivity index (χ1n) is 7.57. The second kappa shape index (κ2) is 10.8. The van der Waals surface area contributed by atoms with Gasteiger partial charge in [0.1, 0.15) is 0 Å². The Kier molecular flexibility index (Phi) is 9.54. The summed E-state index contributed by atoms with van der Waals surface area (Å²) in [5.41, 5.74) is 0. The van der Waals surface area contributed by atoms with E-state index in [0.717, 1.165) is 31.6 Å². The summed E-state index contributed by atoms with van der Waals surface area (Å²) in [6.45, 7) is 3.88. The van der Waals surface area contributed by atoms with Crippen LogP contribution in [0.15, 0.2) is 0 Å². The van der Waals surface area contributed by atoms with E-state index in [4.69, 9.17) is 9.47 Å². The van der Waals surface area contributed by atoms with Gasteiger partial charge >= 0.3 is 0 Å². The van der Waals surface area contributed by atoms with Gasteiger partial charge in [-0.2, -0.15) is 0 Å². The van der Waals surface area contributed by atoms with E-state index in [1.54, 1.807) is 14.2 Å². The molecular weight excluding hydrogens is 226 g/mol. The average Bonchev–Trinajstić information content (AvgIpc) is 2.91. The van der Waals surface area contributed by atoms with Gasteiger partial charge in [0.15, 0.2) is 0 Å². The molecule has 1 N–H and O–H groups in total. The van der Waals surface area contributed by atoms with E-state index in [1.165, 1.54) is 51.5 Å². The van der Waals surface area contributed by atoms with Gasteiger partial charge in [0.25, 0.3) is 0 Å². The summed E-state index contributed by atoms with van der Waals surface area (Å²) in [6, 6.07) is 0. The summed E-state index contributed by atoms with van der Waals surface area (Å²) in [5, 5.41) is 3.55. The fourth-order valence-corrected chi connectivity index (χ4v) is 3.05. The Morgan fingerprint density at radius 3 is 2.44 bits per heavy atom. The molecule has 18 heavy (non-hydrogen) atoms. The summed E-state index contributed by atoms with van der Waals surface area (Å²) in [7, 11) is 3.56. The standard InChI is InChI=1S/C15H31NO2/c1-17-11-6-5-9-15(13-16-10-12-18-2)14-7-3-4-8-14/h14-16H,3-13H2,1-2H3. The molecule has 0 aromatic heterocycles. The molecule has 1 rings (SSSR count). The van der Waals surface area contributed by atoms with Crippen LogP contribution in [0.25, 0.3) is 0 Å². The highest BCUT2D eigenvalue weighted by atomic mass is 16.5. The first kappa shape index (κ1) is 15.9. The fraction of sp³-hybridized carbons (Fsp3) is 1.00. The van der Waals surface area contributed by atoms with Gasteiger partial charge in [0, 0.05) is 27.4 Å². The Labute approximate surface area is 113 Å². The predicted molar refractivity (Wildman–Crippen MR) is 75.9 cm³/mol. The highest BCUT2D eigenvalue weighted by Gasteiger charge is 2.24. The zero-order valence-electron chi connectivity index (χ0n) is 12.2. The van der Waals surface area contributed by atoms with Crippen molar-refractivity contribution in [3.05, 3.63) is 0 Å². The number of ether oxygens (including phenoxy) is 2. The summed E-state index contributed by atoms with van der Waals surface area (Å²) >= 11 is 0. The quantitative estimate of drug-likeness (QED) is 0.577. The van der Waals surface area contributed by atoms with E-state index in [9.17, 15) is 0 Å². The zero-order valence-corrected chi connectivity index (χ0v) is 12.2. The minimum absolute atomic E-state index is 0.820. The lowest BCUT2D eigenvalue weighted by molar-refractivity contribution is 0.183. The van der Waals surface area contributed by atoms with Crippen LogP contribution in [0, 0.1) is 11.8 Å². The molecule has 0 aromatic carbocycles. The average molecular weight is 257 g/mol. The Morgan fingerprint density at radius 1 is 1.06 bits per heavy atom. The van der Waals surface area contributed by atoms with Gasteiger partial charge in [-0.3, -0.25) is 0 Å². The largest absolute Gasteiger partial charge is 0.385 e. The molecule has 0 aromatic rings. The first-order valence-corrected chi connectivity index (χ1v) is 7.57. The molecule has 0 saturated heterocycles. The Morgan fingerprint density at radius 2 is 1.78 bits per heavy atom. The van der Waals surface area contributed by atoms with Crippen LogP contribution in [-0.2, 0) is 9.47 Å². The zero-order chi connectivity index (χ0) is 13.1. The molecule has 0 heterocycles. The highest BCUT2D eigenvalue weighted by molar-refractivity contribution is 4.77. The van der Waals surface area contributed by atoms with E-state index in [-0.39, 0.29) is 0 Å². The summed E-state index contributed by atoms with van der Waals surface area (Å²) in [5.74, 6) is 1.82. The van der Waals surface area contributed by atoms with E-state index in [1.807, 2.05) is 0 Å². The molecule has 1 aliphatic carbocycles. The number of nitrogens with one attached hydrogen (secondary N) is 1. The van der Waals surface area contributed by atoms with Crippen LogP contribution in [0.2, 0.25) is 0 Å². The fourth-order valence-electron chi connectivity index (χ4n) is 3.05. The van der Waals surface area contributed by atoms with Crippen LogP contribution < -0.4 is 5.32 Å². The smallest absolute Gasteiger partial charge is 0.0587 e. The minimum Gasteiger partial charge on any atom is -0.385 e. The van der Waals surface area contributed by atoms with Crippen molar-refractivity contribution in [2.75, 3.05) is 40.5 Å². The van der Waals surface area contributed by atoms with Crippen molar-refractivity contribution in [2.45, 2.75) is 44.9 Å². The van der Waals surface area contributed by atoms with E-state index < -0.39 is 0 Å². The molecule has 1 atom stereocenters. The molecule has 3 heteroatoms. The van der Waals surface area contributed by atoms with Crippen LogP contribution >= 0.6 is 0 Å². The van der Waals surface area contributed by atoms with E-state index in [2.05, 4.69) is 5.32 Å². The normalized spacial score (nSPS) is 18.3. The molecule has 0 bridgehead atoms. The van der Waals surface area contributed by atoms with Crippen molar-refractivity contribution < 1.29 is 9.47 Å². The van der Waals surface area contributed by atoms with Crippen molar-refractivity contribution in [1.82, 2.24) is 5.32 Å². The first-order chi connectivity index (χ1) is 8.88. The molecular formula is C15H31NO2. The maximum atomic E-state index is 5.13. The lowest BCUT2D eigenvalue weighted by atomic mass is 9.86. The topological polar surface area (TPSA) is 30.5 Å². The van der Waals surface area contributed by atoms with Crippen LogP contribution in [0.4, 0.5) is 0 Å². The van der Waals surface area contributed by atoms with Gasteiger partial charge in [-0.1, -0.05) is 32.1 Å². The molecule has 1 saturated carbocycles. The van der Waals surface area contributed by atoms with Gasteiger partial charge < -0.3 is 14.8 Å². The summed E-state index contributed by atoms with van der Waals surface area (Å²) in [4.78, 5) is 0. The van der Waals surface area contributed by atoms with Crippen molar-refractivity contribution >= 4 is 0 Å². The van der Waals surface area contributed by atoms with Gasteiger partial charge in [-0.05, 0) is 31.2 Å². The van der Waals surface area contributed by atoms with Crippen LogP contribution in [0.3, 0.4) is 0 Å². The Bertz CT molecular complexity index is 169. The Balaban J connectivity index is 2.18. The third-order valence-corrected chi connectivity index (χ3v) is 4.13. The SMILES string of the molecule is COCCCCC(CNCCOC)C1CCCC1. The van der Waals surface area contributed by atoms with Gasteiger partial charge in [0.05, 0.1) is 6.61 Å². The number of methoxy groups -OCH3 is 2. The number of hydrogen-bond donors (Lipinski definition) is 1. The molecule has 0 aliphatic heterocycles. The summed E-state index contributed by atoms with van der Waals surface area (Å²) < 4.78 is 10.2. The molecule has 108 valence electrons. The third kappa shape index (κ3) is 6.72. The summed E-state index contributed by atoms with van der Waals surface area (Å²) in [6.07, 6.45) is 9.64. The maximum Gasteiger partial charge on any atom is 0.0587 e. The van der Waals surface area contributed by atoms with Gasteiger partial charge in [-0.25, -0.2) is 0 Å². The maximum absolute atomic E-state index is 5.13. The molecule has 1 unspecified atom stereocenters. The Hall–Kier alpha value is -0.120. The molecule has 0 amide bonds. The minimum atomic E-state index is 0.820. The third-order valence-electron chi connectivity index (χ3n) is 4.13. The number of hydrogen-bond acceptors (Lipinski definition) is 3. The lowest BCUT2D eigenvalue weighted by Gasteiger charge is -2.24. The monoisotopic (exact) mass is 257 g/mol. The second-order valence-electron chi connectivity index (χ2n) is 5.49. The lowest BCUT2D eigenvalue weighted by Crippen LogP contribution is -2.29. The number of unbranched alkanes of at least 4 members (excludes halogenated alkanes) is 1. The molecule has 3 nitrogen and oxygen atoms in total. The molecule has 1 fully saturated rings. The molecule has 0 radical (unpaired) electrons. The van der Waals surface area contributed by atoms with Gasteiger partial charge in [-0.15, -0.1) is 0 Å². The van der Waals surface area contributed by atoms with Gasteiger partial charge in [0.2, 0.25) is 0 Å². The van der Waals surface area contributed by atoms with Crippen molar-refractivity contribution in [2.24, 2.45) is 11.8 Å². The molecule has 1 aliphatic rings. The second-order valence-corrected chi connectivity index (χ2v) is 5.49. The molecule has 0 spiro atoms. The predicted octanol–water partition coefficient (Wildman–Crippen LogP) is 2.85. The van der Waals surface area contributed by atoms with E-state index in [0.29, 0.717) is 0 Å². The van der Waals surface area contributed by atoms with Crippen LogP contribution in [0.5, 0.6) is 0 Å². The van der Waals surface area contributed by atoms with Crippen molar-refractivity contribution in [3.63, 3.8) is 0 Å². The number of rotatable bonds is 11. The van der Waals surface area contributed by atoms with Crippen LogP contribution in [0.1, 0.15) is 44.9 Å².